The molecule has 2 aliphatic rings. The fourth-order valence-corrected chi connectivity index (χ4v) is 4.86. The Kier molecular flexibility index (Phi) is 6.36. The first-order chi connectivity index (χ1) is 16.2. The lowest BCUT2D eigenvalue weighted by Gasteiger charge is -2.31. The quantitative estimate of drug-likeness (QED) is 0.486. The molecule has 0 aliphatic carbocycles. The van der Waals surface area contributed by atoms with Crippen LogP contribution in [-0.2, 0) is 0 Å². The van der Waals surface area contributed by atoms with Crippen LogP contribution in [0.1, 0.15) is 49.0 Å². The van der Waals surface area contributed by atoms with Crippen molar-refractivity contribution in [1.82, 2.24) is 4.90 Å². The normalized spacial score (nSPS) is 18.5. The van der Waals surface area contributed by atoms with Gasteiger partial charge in [0.25, 0.3) is 0 Å². The second-order valence-electron chi connectivity index (χ2n) is 8.90. The number of hydrogen-bond acceptors (Lipinski definition) is 4. The molecule has 3 aromatic rings. The molecular formula is C29H31NO3. The SMILES string of the molecule is CC1=C(c2ccc(O)cc2)[C@H](c2ccc(OCCN3CCCCC3)cc2)Oc2ccccc21. The molecule has 0 saturated carbocycles. The minimum absolute atomic E-state index is 0.230. The lowest BCUT2D eigenvalue weighted by Crippen LogP contribution is -2.33. The van der Waals surface area contributed by atoms with Gasteiger partial charge >= 0.3 is 0 Å². The summed E-state index contributed by atoms with van der Waals surface area (Å²) in [5.74, 6) is 2.04. The molecule has 0 unspecified atom stereocenters. The van der Waals surface area contributed by atoms with Crippen LogP contribution in [0.3, 0.4) is 0 Å². The van der Waals surface area contributed by atoms with Crippen LogP contribution in [-0.4, -0.2) is 36.2 Å². The Balaban J connectivity index is 1.37. The van der Waals surface area contributed by atoms with Gasteiger partial charge in [0.1, 0.15) is 30.0 Å². The van der Waals surface area contributed by atoms with Crippen molar-refractivity contribution in [3.8, 4) is 17.2 Å². The van der Waals surface area contributed by atoms with Gasteiger partial charge in [0.15, 0.2) is 0 Å². The topological polar surface area (TPSA) is 41.9 Å². The molecular weight excluding hydrogens is 410 g/mol. The molecule has 0 amide bonds. The van der Waals surface area contributed by atoms with E-state index in [9.17, 15) is 5.11 Å². The third-order valence-electron chi connectivity index (χ3n) is 6.69. The molecule has 1 saturated heterocycles. The molecule has 4 nitrogen and oxygen atoms in total. The number of likely N-dealkylation sites (tertiary alicyclic amines) is 1. The van der Waals surface area contributed by atoms with Crippen LogP contribution in [0.15, 0.2) is 72.8 Å². The molecule has 0 spiro atoms. The summed E-state index contributed by atoms with van der Waals surface area (Å²) in [4.78, 5) is 2.49. The van der Waals surface area contributed by atoms with Crippen LogP contribution in [0.25, 0.3) is 11.1 Å². The molecule has 1 atom stereocenters. The van der Waals surface area contributed by atoms with Crippen LogP contribution in [0.2, 0.25) is 0 Å². The van der Waals surface area contributed by atoms with Gasteiger partial charge in [-0.25, -0.2) is 0 Å². The fourth-order valence-electron chi connectivity index (χ4n) is 4.86. The molecule has 4 heteroatoms. The highest BCUT2D eigenvalue weighted by Gasteiger charge is 2.29. The first-order valence-corrected chi connectivity index (χ1v) is 11.9. The molecule has 170 valence electrons. The van der Waals surface area contributed by atoms with E-state index in [0.29, 0.717) is 6.61 Å². The highest BCUT2D eigenvalue weighted by atomic mass is 16.5. The van der Waals surface area contributed by atoms with Crippen LogP contribution >= 0.6 is 0 Å². The zero-order valence-corrected chi connectivity index (χ0v) is 19.2. The third kappa shape index (κ3) is 4.76. The van der Waals surface area contributed by atoms with E-state index in [-0.39, 0.29) is 11.9 Å². The van der Waals surface area contributed by atoms with E-state index < -0.39 is 0 Å². The summed E-state index contributed by atoms with van der Waals surface area (Å²) in [6.07, 6.45) is 3.73. The van der Waals surface area contributed by atoms with Gasteiger partial charge in [0, 0.05) is 17.7 Å². The monoisotopic (exact) mass is 441 g/mol. The summed E-state index contributed by atoms with van der Waals surface area (Å²) < 4.78 is 12.5. The highest BCUT2D eigenvalue weighted by molar-refractivity contribution is 5.95. The molecule has 0 aromatic heterocycles. The van der Waals surface area contributed by atoms with Gasteiger partial charge in [-0.2, -0.15) is 0 Å². The smallest absolute Gasteiger partial charge is 0.150 e. The van der Waals surface area contributed by atoms with Gasteiger partial charge < -0.3 is 14.6 Å². The van der Waals surface area contributed by atoms with E-state index in [1.165, 1.54) is 37.9 Å². The number of fused-ring (bicyclic) bond motifs is 1. The molecule has 1 N–H and O–H groups in total. The Hall–Kier alpha value is -3.24. The van der Waals surface area contributed by atoms with Gasteiger partial charge in [0.05, 0.1) is 0 Å². The predicted octanol–water partition coefficient (Wildman–Crippen LogP) is 6.32. The van der Waals surface area contributed by atoms with Crippen molar-refractivity contribution >= 4 is 11.1 Å². The minimum atomic E-state index is -0.230. The largest absolute Gasteiger partial charge is 0.508 e. The zero-order chi connectivity index (χ0) is 22.6. The summed E-state index contributed by atoms with van der Waals surface area (Å²) in [5, 5.41) is 9.78. The van der Waals surface area contributed by atoms with Crippen LogP contribution in [0.5, 0.6) is 17.2 Å². The van der Waals surface area contributed by atoms with Gasteiger partial charge in [-0.1, -0.05) is 48.9 Å². The summed E-state index contributed by atoms with van der Waals surface area (Å²) in [5.41, 5.74) is 5.54. The number of piperidine rings is 1. The Morgan fingerprint density at radius 3 is 2.39 bits per heavy atom. The lowest BCUT2D eigenvalue weighted by molar-refractivity contribution is 0.183. The van der Waals surface area contributed by atoms with Crippen LogP contribution in [0, 0.1) is 0 Å². The van der Waals surface area contributed by atoms with Crippen LogP contribution in [0.4, 0.5) is 0 Å². The Morgan fingerprint density at radius 1 is 0.909 bits per heavy atom. The van der Waals surface area contributed by atoms with Crippen molar-refractivity contribution in [3.05, 3.63) is 89.5 Å². The zero-order valence-electron chi connectivity index (χ0n) is 19.2. The highest BCUT2D eigenvalue weighted by Crippen LogP contribution is 2.46. The van der Waals surface area contributed by atoms with Crippen molar-refractivity contribution in [2.75, 3.05) is 26.2 Å². The van der Waals surface area contributed by atoms with Crippen molar-refractivity contribution in [1.29, 1.82) is 0 Å². The van der Waals surface area contributed by atoms with E-state index in [2.05, 4.69) is 30.0 Å². The van der Waals surface area contributed by atoms with Crippen molar-refractivity contribution < 1.29 is 14.6 Å². The van der Waals surface area contributed by atoms with Crippen molar-refractivity contribution in [2.24, 2.45) is 0 Å². The average Bonchev–Trinajstić information content (AvgIpc) is 2.86. The molecule has 1 fully saturated rings. The van der Waals surface area contributed by atoms with E-state index in [1.807, 2.05) is 42.5 Å². The number of phenolic OH excluding ortho intramolecular Hbond substituents is 1. The maximum atomic E-state index is 9.78. The van der Waals surface area contributed by atoms with E-state index in [1.54, 1.807) is 12.1 Å². The van der Waals surface area contributed by atoms with Crippen molar-refractivity contribution in [3.63, 3.8) is 0 Å². The minimum Gasteiger partial charge on any atom is -0.508 e. The molecule has 3 aromatic carbocycles. The fraction of sp³-hybridized carbons (Fsp3) is 0.310. The number of para-hydroxylation sites is 1. The second kappa shape index (κ2) is 9.72. The molecule has 2 heterocycles. The number of aromatic hydroxyl groups is 1. The lowest BCUT2D eigenvalue weighted by atomic mass is 9.86. The number of ether oxygens (including phenoxy) is 2. The molecule has 0 bridgehead atoms. The maximum Gasteiger partial charge on any atom is 0.150 e. The Labute approximate surface area is 196 Å². The van der Waals surface area contributed by atoms with E-state index in [0.717, 1.165) is 40.3 Å². The standard InChI is InChI=1S/C29H31NO3/c1-21-26-7-3-4-8-27(26)33-29(28(21)22-9-13-24(31)14-10-22)23-11-15-25(16-12-23)32-20-19-30-17-5-2-6-18-30/h3-4,7-16,29,31H,2,5-6,17-20H2,1H3/t29-/m0/s1. The number of phenols is 1. The first kappa shape index (κ1) is 21.6. The van der Waals surface area contributed by atoms with Gasteiger partial charge in [-0.05, 0) is 79.9 Å². The maximum absolute atomic E-state index is 9.78. The van der Waals surface area contributed by atoms with Gasteiger partial charge in [0.2, 0.25) is 0 Å². The summed E-state index contributed by atoms with van der Waals surface area (Å²) in [6.45, 7) is 6.22. The number of hydrogen-bond donors (Lipinski definition) is 1. The Bertz CT molecular complexity index is 1110. The van der Waals surface area contributed by atoms with Crippen molar-refractivity contribution in [2.45, 2.75) is 32.3 Å². The molecule has 5 rings (SSSR count). The number of benzene rings is 3. The second-order valence-corrected chi connectivity index (χ2v) is 8.90. The summed E-state index contributed by atoms with van der Waals surface area (Å²) in [6, 6.07) is 23.8. The van der Waals surface area contributed by atoms with Gasteiger partial charge in [-0.3, -0.25) is 4.90 Å². The molecule has 33 heavy (non-hydrogen) atoms. The number of nitrogens with zero attached hydrogens (tertiary/aromatic N) is 1. The van der Waals surface area contributed by atoms with E-state index >= 15 is 0 Å². The Morgan fingerprint density at radius 2 is 1.64 bits per heavy atom. The molecule has 0 radical (unpaired) electrons. The number of allylic oxidation sites excluding steroid dienone is 1. The summed E-state index contributed by atoms with van der Waals surface area (Å²) in [7, 11) is 0. The third-order valence-corrected chi connectivity index (χ3v) is 6.69. The van der Waals surface area contributed by atoms with Gasteiger partial charge in [-0.15, -0.1) is 0 Å². The summed E-state index contributed by atoms with van der Waals surface area (Å²) >= 11 is 0. The van der Waals surface area contributed by atoms with E-state index in [4.69, 9.17) is 9.47 Å². The first-order valence-electron chi connectivity index (χ1n) is 11.9. The number of rotatable bonds is 6. The average molecular weight is 442 g/mol. The predicted molar refractivity (Wildman–Crippen MR) is 133 cm³/mol. The molecule has 2 aliphatic heterocycles. The van der Waals surface area contributed by atoms with Crippen LogP contribution < -0.4 is 9.47 Å².